The monoisotopic (exact) mass is 468 g/mol. The first-order valence-corrected chi connectivity index (χ1v) is 11.8. The van der Waals surface area contributed by atoms with Gasteiger partial charge in [0.1, 0.15) is 11.7 Å². The molecule has 3 aromatic rings. The number of rotatable bonds is 4. The van der Waals surface area contributed by atoms with Crippen LogP contribution in [0.1, 0.15) is 36.8 Å². The molecule has 0 fully saturated rings. The van der Waals surface area contributed by atoms with E-state index in [1.807, 2.05) is 97.9 Å². The molecule has 4 nitrogen and oxygen atoms in total. The summed E-state index contributed by atoms with van der Waals surface area (Å²) in [5.74, 6) is -0.896. The summed E-state index contributed by atoms with van der Waals surface area (Å²) in [6, 6.07) is 27.0. The Bertz CT molecular complexity index is 1280. The molecule has 0 radical (unpaired) electrons. The third-order valence-electron chi connectivity index (χ3n) is 7.15. The maximum absolute atomic E-state index is 14.6. The molecule has 0 aromatic heterocycles. The molecule has 1 spiro atoms. The van der Waals surface area contributed by atoms with Crippen LogP contribution in [-0.4, -0.2) is 17.9 Å². The lowest BCUT2D eigenvalue weighted by Gasteiger charge is -2.48. The van der Waals surface area contributed by atoms with E-state index in [-0.39, 0.29) is 17.7 Å². The minimum absolute atomic E-state index is 0.0776. The Morgan fingerprint density at radius 2 is 1.53 bits per heavy atom. The molecule has 5 rings (SSSR count). The van der Waals surface area contributed by atoms with Crippen molar-refractivity contribution in [2.24, 2.45) is 16.4 Å². The highest BCUT2D eigenvalue weighted by Gasteiger charge is 2.63. The predicted octanol–water partition coefficient (Wildman–Crippen LogP) is 6.39. The van der Waals surface area contributed by atoms with Crippen molar-refractivity contribution in [1.29, 1.82) is 0 Å². The van der Waals surface area contributed by atoms with Gasteiger partial charge >= 0.3 is 0 Å². The molecule has 0 unspecified atom stereocenters. The Morgan fingerprint density at radius 1 is 0.912 bits per heavy atom. The highest BCUT2D eigenvalue weighted by Crippen LogP contribution is 2.60. The first-order chi connectivity index (χ1) is 16.5. The average molecular weight is 469 g/mol. The number of benzene rings is 3. The van der Waals surface area contributed by atoms with Crippen LogP contribution in [0.5, 0.6) is 0 Å². The molecule has 1 amide bonds. The van der Waals surface area contributed by atoms with E-state index in [2.05, 4.69) is 6.92 Å². The lowest BCUT2D eigenvalue weighted by molar-refractivity contribution is -0.126. The van der Waals surface area contributed by atoms with Gasteiger partial charge < -0.3 is 0 Å². The number of para-hydroxylation sites is 1. The van der Waals surface area contributed by atoms with Crippen molar-refractivity contribution in [1.82, 2.24) is 0 Å². The van der Waals surface area contributed by atoms with Crippen LogP contribution in [-0.2, 0) is 9.59 Å². The van der Waals surface area contributed by atoms with Crippen molar-refractivity contribution in [3.8, 4) is 0 Å². The SMILES string of the molecule is CC1=NN(c2ccccc2)C(=O)[C@@]12[C@H](c1ccc(Cl)cc1)[C@@H](C)C=C(C=O)[C@H]2c1ccccc1. The van der Waals surface area contributed by atoms with Crippen molar-refractivity contribution < 1.29 is 9.59 Å². The molecular weight excluding hydrogens is 444 g/mol. The van der Waals surface area contributed by atoms with E-state index >= 15 is 0 Å². The summed E-state index contributed by atoms with van der Waals surface area (Å²) < 4.78 is 0. The first kappa shape index (κ1) is 22.3. The minimum Gasteiger partial charge on any atom is -0.298 e. The minimum atomic E-state index is -1.06. The summed E-state index contributed by atoms with van der Waals surface area (Å²) in [6.07, 6.45) is 2.92. The summed E-state index contributed by atoms with van der Waals surface area (Å²) in [5, 5.41) is 6.97. The molecule has 2 aliphatic rings. The maximum Gasteiger partial charge on any atom is 0.260 e. The molecule has 4 atom stereocenters. The molecule has 0 saturated carbocycles. The number of carbonyl (C=O) groups excluding carboxylic acids is 2. The number of hydrogen-bond acceptors (Lipinski definition) is 3. The zero-order valence-electron chi connectivity index (χ0n) is 19.1. The fraction of sp³-hybridized carbons (Fsp3) is 0.207. The van der Waals surface area contributed by atoms with Gasteiger partial charge in [-0.3, -0.25) is 9.59 Å². The van der Waals surface area contributed by atoms with Crippen LogP contribution < -0.4 is 5.01 Å². The molecule has 1 heterocycles. The van der Waals surface area contributed by atoms with Gasteiger partial charge in [-0.25, -0.2) is 0 Å². The number of halogens is 1. The largest absolute Gasteiger partial charge is 0.298 e. The number of nitrogens with zero attached hydrogens (tertiary/aromatic N) is 2. The molecule has 34 heavy (non-hydrogen) atoms. The average Bonchev–Trinajstić information content (AvgIpc) is 3.11. The number of anilines is 1. The number of amides is 1. The van der Waals surface area contributed by atoms with E-state index in [0.29, 0.717) is 22.0 Å². The molecule has 170 valence electrons. The Hall–Kier alpha value is -3.50. The van der Waals surface area contributed by atoms with Gasteiger partial charge in [-0.2, -0.15) is 10.1 Å². The maximum atomic E-state index is 14.6. The number of hydrazone groups is 1. The van der Waals surface area contributed by atoms with Gasteiger partial charge in [0, 0.05) is 16.9 Å². The normalized spacial score (nSPS) is 26.4. The van der Waals surface area contributed by atoms with Crippen molar-refractivity contribution >= 4 is 35.2 Å². The standard InChI is InChI=1S/C29H25ClN2O2/c1-19-17-23(18-33)27(21-9-5-3-6-10-21)29(26(19)22-13-15-24(30)16-14-22)20(2)31-32(28(29)34)25-11-7-4-8-12-25/h3-19,26-27H,1-2H3/t19-,26-,27+,29+/m0/s1. The van der Waals surface area contributed by atoms with Gasteiger partial charge in [0.05, 0.1) is 11.4 Å². The Labute approximate surface area is 204 Å². The number of aldehydes is 1. The topological polar surface area (TPSA) is 49.7 Å². The second-order valence-corrected chi connectivity index (χ2v) is 9.46. The number of hydrogen-bond donors (Lipinski definition) is 0. The summed E-state index contributed by atoms with van der Waals surface area (Å²) in [7, 11) is 0. The van der Waals surface area contributed by atoms with Crippen LogP contribution in [0.3, 0.4) is 0 Å². The number of carbonyl (C=O) groups is 2. The van der Waals surface area contributed by atoms with Gasteiger partial charge in [0.15, 0.2) is 0 Å². The highest BCUT2D eigenvalue weighted by atomic mass is 35.5. The lowest BCUT2D eigenvalue weighted by atomic mass is 9.52. The second-order valence-electron chi connectivity index (χ2n) is 9.02. The van der Waals surface area contributed by atoms with Crippen molar-refractivity contribution in [3.05, 3.63) is 113 Å². The van der Waals surface area contributed by atoms with Gasteiger partial charge in [-0.15, -0.1) is 0 Å². The quantitative estimate of drug-likeness (QED) is 0.416. The van der Waals surface area contributed by atoms with Crippen LogP contribution in [0, 0.1) is 11.3 Å². The lowest BCUT2D eigenvalue weighted by Crippen LogP contribution is -2.52. The van der Waals surface area contributed by atoms with E-state index in [9.17, 15) is 9.59 Å². The highest BCUT2D eigenvalue weighted by molar-refractivity contribution is 6.30. The van der Waals surface area contributed by atoms with Crippen LogP contribution in [0.25, 0.3) is 0 Å². The molecule has 1 aliphatic carbocycles. The summed E-state index contributed by atoms with van der Waals surface area (Å²) >= 11 is 6.21. The molecule has 5 heteroatoms. The van der Waals surface area contributed by atoms with Crippen molar-refractivity contribution in [2.45, 2.75) is 25.7 Å². The third kappa shape index (κ3) is 3.33. The van der Waals surface area contributed by atoms with Crippen LogP contribution >= 0.6 is 11.6 Å². The smallest absolute Gasteiger partial charge is 0.260 e. The number of allylic oxidation sites excluding steroid dienone is 2. The van der Waals surface area contributed by atoms with Gasteiger partial charge in [0.2, 0.25) is 0 Å². The van der Waals surface area contributed by atoms with Crippen molar-refractivity contribution in [2.75, 3.05) is 5.01 Å². The summed E-state index contributed by atoms with van der Waals surface area (Å²) in [6.45, 7) is 3.98. The molecule has 1 aliphatic heterocycles. The summed E-state index contributed by atoms with van der Waals surface area (Å²) in [4.78, 5) is 27.0. The zero-order valence-corrected chi connectivity index (χ0v) is 19.8. The molecule has 3 aromatic carbocycles. The summed E-state index contributed by atoms with van der Waals surface area (Å²) in [5.41, 5.74) is 2.88. The van der Waals surface area contributed by atoms with Gasteiger partial charge in [-0.1, -0.05) is 85.3 Å². The zero-order chi connectivity index (χ0) is 23.9. The van der Waals surface area contributed by atoms with E-state index in [1.54, 1.807) is 0 Å². The van der Waals surface area contributed by atoms with Crippen LogP contribution in [0.2, 0.25) is 5.02 Å². The molecule has 0 N–H and O–H groups in total. The fourth-order valence-corrected chi connectivity index (χ4v) is 5.97. The van der Waals surface area contributed by atoms with Crippen LogP contribution in [0.4, 0.5) is 5.69 Å². The van der Waals surface area contributed by atoms with E-state index in [0.717, 1.165) is 17.4 Å². The molecule has 0 bridgehead atoms. The Balaban J connectivity index is 1.80. The fourth-order valence-electron chi connectivity index (χ4n) is 5.84. The van der Waals surface area contributed by atoms with Gasteiger partial charge in [0.25, 0.3) is 5.91 Å². The van der Waals surface area contributed by atoms with E-state index in [4.69, 9.17) is 16.7 Å². The Kier molecular flexibility index (Phi) is 5.70. The first-order valence-electron chi connectivity index (χ1n) is 11.4. The van der Waals surface area contributed by atoms with Crippen LogP contribution in [0.15, 0.2) is 102 Å². The predicted molar refractivity (Wildman–Crippen MR) is 136 cm³/mol. The molecule has 0 saturated heterocycles. The van der Waals surface area contributed by atoms with E-state index in [1.165, 1.54) is 5.01 Å². The third-order valence-corrected chi connectivity index (χ3v) is 7.41. The van der Waals surface area contributed by atoms with Gasteiger partial charge in [-0.05, 0) is 53.8 Å². The van der Waals surface area contributed by atoms with E-state index < -0.39 is 11.3 Å². The van der Waals surface area contributed by atoms with Crippen molar-refractivity contribution in [3.63, 3.8) is 0 Å². The second kappa shape index (κ2) is 8.69. The Morgan fingerprint density at radius 3 is 2.15 bits per heavy atom. The molecular formula is C29H25ClN2O2.